The minimum atomic E-state index is -0.452. The summed E-state index contributed by atoms with van der Waals surface area (Å²) >= 11 is 0. The van der Waals surface area contributed by atoms with Gasteiger partial charge in [-0.3, -0.25) is 0 Å². The third kappa shape index (κ3) is 4.05. The molecule has 0 aliphatic rings. The molecule has 0 bridgehead atoms. The van der Waals surface area contributed by atoms with Gasteiger partial charge in [-0.25, -0.2) is 4.79 Å². The van der Waals surface area contributed by atoms with Gasteiger partial charge in [-0.2, -0.15) is 0 Å². The lowest BCUT2D eigenvalue weighted by atomic mass is 9.89. The van der Waals surface area contributed by atoms with Gasteiger partial charge in [-0.1, -0.05) is 42.7 Å². The topological polar surface area (TPSA) is 35.5 Å². The lowest BCUT2D eigenvalue weighted by Gasteiger charge is -2.15. The predicted molar refractivity (Wildman–Crippen MR) is 94.9 cm³/mol. The van der Waals surface area contributed by atoms with Crippen molar-refractivity contribution in [1.29, 1.82) is 0 Å². The zero-order valence-electron chi connectivity index (χ0n) is 14.1. The highest BCUT2D eigenvalue weighted by Gasteiger charge is 2.21. The number of carbonyl (C=O) groups is 1. The van der Waals surface area contributed by atoms with Crippen molar-refractivity contribution in [3.05, 3.63) is 77.4 Å². The van der Waals surface area contributed by atoms with Gasteiger partial charge in [-0.05, 0) is 42.3 Å². The average molecular weight is 320 g/mol. The van der Waals surface area contributed by atoms with Gasteiger partial charge in [-0.15, -0.1) is 0 Å². The van der Waals surface area contributed by atoms with Crippen LogP contribution in [0.4, 0.5) is 0 Å². The van der Waals surface area contributed by atoms with Gasteiger partial charge in [0.05, 0.1) is 20.1 Å². The first kappa shape index (κ1) is 17.4. The van der Waals surface area contributed by atoms with E-state index in [1.165, 1.54) is 7.11 Å². The maximum Gasteiger partial charge on any atom is 0.334 e. The SMILES string of the molecule is C=C(C(=O)OC)[C@@H](C#Cc1ccc(OC)cc1)c1ccccc1C. The molecule has 0 fully saturated rings. The summed E-state index contributed by atoms with van der Waals surface area (Å²) in [6.07, 6.45) is 0. The molecule has 0 aliphatic carbocycles. The molecule has 0 N–H and O–H groups in total. The molecule has 3 nitrogen and oxygen atoms in total. The number of rotatable bonds is 4. The highest BCUT2D eigenvalue weighted by Crippen LogP contribution is 2.26. The first-order valence-corrected chi connectivity index (χ1v) is 7.55. The Morgan fingerprint density at radius 2 is 1.75 bits per heavy atom. The van der Waals surface area contributed by atoms with Crippen molar-refractivity contribution in [3.63, 3.8) is 0 Å². The fourth-order valence-electron chi connectivity index (χ4n) is 2.34. The molecule has 0 aliphatic heterocycles. The van der Waals surface area contributed by atoms with Crippen LogP contribution in [0.25, 0.3) is 0 Å². The number of ether oxygens (including phenoxy) is 2. The molecule has 0 saturated heterocycles. The van der Waals surface area contributed by atoms with Crippen LogP contribution in [-0.4, -0.2) is 20.2 Å². The smallest absolute Gasteiger partial charge is 0.334 e. The van der Waals surface area contributed by atoms with Crippen LogP contribution < -0.4 is 4.74 Å². The van der Waals surface area contributed by atoms with E-state index in [-0.39, 0.29) is 0 Å². The fourth-order valence-corrected chi connectivity index (χ4v) is 2.34. The van der Waals surface area contributed by atoms with Gasteiger partial charge in [0.15, 0.2) is 0 Å². The summed E-state index contributed by atoms with van der Waals surface area (Å²) in [5.41, 5.74) is 3.17. The van der Waals surface area contributed by atoms with Crippen molar-refractivity contribution in [2.75, 3.05) is 14.2 Å². The molecule has 0 spiro atoms. The zero-order chi connectivity index (χ0) is 17.5. The van der Waals surface area contributed by atoms with E-state index in [1.54, 1.807) is 7.11 Å². The maximum absolute atomic E-state index is 11.9. The molecule has 0 amide bonds. The molecular weight excluding hydrogens is 300 g/mol. The van der Waals surface area contributed by atoms with E-state index in [9.17, 15) is 4.79 Å². The number of carbonyl (C=O) groups excluding carboxylic acids is 1. The van der Waals surface area contributed by atoms with Crippen LogP contribution in [0.1, 0.15) is 22.6 Å². The number of aryl methyl sites for hydroxylation is 1. The molecule has 0 heterocycles. The highest BCUT2D eigenvalue weighted by molar-refractivity contribution is 5.90. The van der Waals surface area contributed by atoms with Crippen molar-refractivity contribution in [2.45, 2.75) is 12.8 Å². The Hall–Kier alpha value is -2.99. The molecule has 0 aromatic heterocycles. The van der Waals surface area contributed by atoms with E-state index in [2.05, 4.69) is 18.4 Å². The number of hydrogen-bond donors (Lipinski definition) is 0. The molecule has 0 unspecified atom stereocenters. The monoisotopic (exact) mass is 320 g/mol. The first-order valence-electron chi connectivity index (χ1n) is 7.55. The molecule has 122 valence electrons. The third-order valence-corrected chi connectivity index (χ3v) is 3.75. The second-order valence-corrected chi connectivity index (χ2v) is 5.30. The normalized spacial score (nSPS) is 11.0. The lowest BCUT2D eigenvalue weighted by molar-refractivity contribution is -0.136. The lowest BCUT2D eigenvalue weighted by Crippen LogP contribution is -2.12. The number of benzene rings is 2. The summed E-state index contributed by atoms with van der Waals surface area (Å²) in [6, 6.07) is 15.3. The summed E-state index contributed by atoms with van der Waals surface area (Å²) in [7, 11) is 2.97. The van der Waals surface area contributed by atoms with E-state index in [1.807, 2.05) is 55.5 Å². The Bertz CT molecular complexity index is 792. The Kier molecular flexibility index (Phi) is 5.81. The Morgan fingerprint density at radius 3 is 2.33 bits per heavy atom. The van der Waals surface area contributed by atoms with E-state index >= 15 is 0 Å². The largest absolute Gasteiger partial charge is 0.497 e. The van der Waals surface area contributed by atoms with Crippen LogP contribution in [-0.2, 0) is 9.53 Å². The van der Waals surface area contributed by atoms with Gasteiger partial charge < -0.3 is 9.47 Å². The van der Waals surface area contributed by atoms with Crippen LogP contribution in [0.5, 0.6) is 5.75 Å². The molecule has 1 atom stereocenters. The van der Waals surface area contributed by atoms with Crippen molar-refractivity contribution in [1.82, 2.24) is 0 Å². The first-order chi connectivity index (χ1) is 11.6. The van der Waals surface area contributed by atoms with E-state index in [0.717, 1.165) is 22.4 Å². The minimum absolute atomic E-state index is 0.327. The summed E-state index contributed by atoms with van der Waals surface area (Å²) < 4.78 is 9.95. The molecule has 0 radical (unpaired) electrons. The fraction of sp³-hybridized carbons (Fsp3) is 0.190. The van der Waals surface area contributed by atoms with Crippen LogP contribution in [0.15, 0.2) is 60.7 Å². The predicted octanol–water partition coefficient (Wildman–Crippen LogP) is 3.87. The summed E-state index contributed by atoms with van der Waals surface area (Å²) in [6.45, 7) is 5.87. The number of esters is 1. The second kappa shape index (κ2) is 8.03. The molecule has 24 heavy (non-hydrogen) atoms. The second-order valence-electron chi connectivity index (χ2n) is 5.30. The molecular formula is C21H20O3. The Morgan fingerprint density at radius 1 is 1.08 bits per heavy atom. The van der Waals surface area contributed by atoms with Gasteiger partial charge in [0.1, 0.15) is 5.75 Å². The van der Waals surface area contributed by atoms with Crippen molar-refractivity contribution in [3.8, 4) is 17.6 Å². The maximum atomic E-state index is 11.9. The van der Waals surface area contributed by atoms with Crippen LogP contribution in [0.2, 0.25) is 0 Å². The average Bonchev–Trinajstić information content (AvgIpc) is 2.62. The molecule has 2 aromatic carbocycles. The Balaban J connectivity index is 2.40. The van der Waals surface area contributed by atoms with Crippen LogP contribution in [0, 0.1) is 18.8 Å². The van der Waals surface area contributed by atoms with Crippen LogP contribution in [0.3, 0.4) is 0 Å². The number of methoxy groups -OCH3 is 2. The summed E-state index contributed by atoms with van der Waals surface area (Å²) in [5.74, 6) is 6.17. The Labute approximate surface area is 142 Å². The third-order valence-electron chi connectivity index (χ3n) is 3.75. The highest BCUT2D eigenvalue weighted by atomic mass is 16.5. The van der Waals surface area contributed by atoms with E-state index in [4.69, 9.17) is 9.47 Å². The van der Waals surface area contributed by atoms with Crippen molar-refractivity contribution >= 4 is 5.97 Å². The van der Waals surface area contributed by atoms with E-state index < -0.39 is 11.9 Å². The van der Waals surface area contributed by atoms with E-state index in [0.29, 0.717) is 5.57 Å². The molecule has 0 saturated carbocycles. The van der Waals surface area contributed by atoms with Gasteiger partial charge in [0, 0.05) is 11.1 Å². The molecule has 3 heteroatoms. The minimum Gasteiger partial charge on any atom is -0.497 e. The van der Waals surface area contributed by atoms with Gasteiger partial charge >= 0.3 is 5.97 Å². The van der Waals surface area contributed by atoms with Crippen molar-refractivity contribution < 1.29 is 14.3 Å². The molecule has 2 rings (SSSR count). The van der Waals surface area contributed by atoms with Crippen LogP contribution >= 0.6 is 0 Å². The van der Waals surface area contributed by atoms with Crippen molar-refractivity contribution in [2.24, 2.45) is 0 Å². The quantitative estimate of drug-likeness (QED) is 0.487. The molecule has 2 aromatic rings. The standard InChI is InChI=1S/C21H20O3/c1-15-7-5-6-8-19(15)20(16(2)21(22)24-4)14-11-17-9-12-18(23-3)13-10-17/h5-10,12-13,20H,2H2,1,3-4H3/t20-/m1/s1. The van der Waals surface area contributed by atoms with Gasteiger partial charge in [0.25, 0.3) is 0 Å². The number of hydrogen-bond acceptors (Lipinski definition) is 3. The summed E-state index contributed by atoms with van der Waals surface area (Å²) in [4.78, 5) is 11.9. The van der Waals surface area contributed by atoms with Gasteiger partial charge in [0.2, 0.25) is 0 Å². The summed E-state index contributed by atoms with van der Waals surface area (Å²) in [5, 5.41) is 0. The zero-order valence-corrected chi connectivity index (χ0v) is 14.1.